The first-order valence-corrected chi connectivity index (χ1v) is 5.32. The Morgan fingerprint density at radius 2 is 1.53 bits per heavy atom. The topological polar surface area (TPSA) is 15.8 Å². The monoisotopic (exact) mass is 199 g/mol. The minimum absolute atomic E-state index is 0.188. The van der Waals surface area contributed by atoms with E-state index in [0.29, 0.717) is 0 Å². The van der Waals surface area contributed by atoms with Crippen LogP contribution in [0.25, 0.3) is 11.3 Å². The molecule has 0 atom stereocenters. The van der Waals surface area contributed by atoms with Gasteiger partial charge in [-0.05, 0) is 17.7 Å². The second-order valence-electron chi connectivity index (χ2n) is 4.90. The van der Waals surface area contributed by atoms with Gasteiger partial charge in [0.05, 0.1) is 0 Å². The van der Waals surface area contributed by atoms with Gasteiger partial charge in [-0.1, -0.05) is 51.1 Å². The number of aromatic nitrogens is 1. The van der Waals surface area contributed by atoms with E-state index in [1.54, 1.807) is 0 Å². The van der Waals surface area contributed by atoms with Crippen LogP contribution in [0.4, 0.5) is 0 Å². The zero-order valence-corrected chi connectivity index (χ0v) is 9.54. The first-order chi connectivity index (χ1) is 7.07. The van der Waals surface area contributed by atoms with Gasteiger partial charge in [0.1, 0.15) is 0 Å². The molecule has 1 N–H and O–H groups in total. The smallest absolute Gasteiger partial charge is 0.0456 e. The van der Waals surface area contributed by atoms with E-state index in [4.69, 9.17) is 0 Å². The molecule has 1 aromatic carbocycles. The van der Waals surface area contributed by atoms with Gasteiger partial charge < -0.3 is 4.98 Å². The predicted octanol–water partition coefficient (Wildman–Crippen LogP) is 3.98. The third-order valence-corrected chi connectivity index (χ3v) is 2.58. The summed E-state index contributed by atoms with van der Waals surface area (Å²) < 4.78 is 0. The van der Waals surface area contributed by atoms with Crippen molar-refractivity contribution in [3.05, 3.63) is 48.2 Å². The maximum absolute atomic E-state index is 3.47. The van der Waals surface area contributed by atoms with E-state index in [0.717, 1.165) is 0 Å². The second-order valence-corrected chi connectivity index (χ2v) is 4.90. The van der Waals surface area contributed by atoms with Crippen molar-refractivity contribution < 1.29 is 0 Å². The van der Waals surface area contributed by atoms with Crippen molar-refractivity contribution in [3.8, 4) is 11.3 Å². The molecule has 2 aromatic rings. The fourth-order valence-corrected chi connectivity index (χ4v) is 1.62. The quantitative estimate of drug-likeness (QED) is 0.715. The summed E-state index contributed by atoms with van der Waals surface area (Å²) in [5.41, 5.74) is 3.91. The van der Waals surface area contributed by atoms with E-state index in [2.05, 4.69) is 62.2 Å². The molecule has 0 fully saturated rings. The molecule has 1 heterocycles. The van der Waals surface area contributed by atoms with Crippen LogP contribution >= 0.6 is 0 Å². The van der Waals surface area contributed by atoms with Crippen LogP contribution < -0.4 is 0 Å². The summed E-state index contributed by atoms with van der Waals surface area (Å²) in [5, 5.41) is 0. The maximum Gasteiger partial charge on any atom is 0.0456 e. The van der Waals surface area contributed by atoms with Gasteiger partial charge >= 0.3 is 0 Å². The third kappa shape index (κ3) is 2.12. The third-order valence-electron chi connectivity index (χ3n) is 2.58. The molecule has 78 valence electrons. The largest absolute Gasteiger partial charge is 0.358 e. The zero-order valence-electron chi connectivity index (χ0n) is 9.54. The summed E-state index contributed by atoms with van der Waals surface area (Å²) in [6, 6.07) is 14.7. The van der Waals surface area contributed by atoms with E-state index in [1.165, 1.54) is 17.0 Å². The lowest BCUT2D eigenvalue weighted by Gasteiger charge is -2.16. The van der Waals surface area contributed by atoms with E-state index < -0.39 is 0 Å². The molecule has 0 aliphatic rings. The van der Waals surface area contributed by atoms with Crippen LogP contribution in [-0.2, 0) is 5.41 Å². The summed E-state index contributed by atoms with van der Waals surface area (Å²) in [7, 11) is 0. The zero-order chi connectivity index (χ0) is 10.9. The number of hydrogen-bond acceptors (Lipinski definition) is 0. The molecule has 1 nitrogen and oxygen atoms in total. The normalized spacial score (nSPS) is 11.7. The van der Waals surface area contributed by atoms with Crippen LogP contribution in [0.3, 0.4) is 0 Å². The standard InChI is InChI=1S/C14H17N/c1-14(2,3)13-10-9-12(15-13)11-7-5-4-6-8-11/h4-10,15H,1-3H3. The van der Waals surface area contributed by atoms with Gasteiger partial charge in [-0.2, -0.15) is 0 Å². The fraction of sp³-hybridized carbons (Fsp3) is 0.286. The van der Waals surface area contributed by atoms with Crippen LogP contribution in [0, 0.1) is 0 Å². The lowest BCUT2D eigenvalue weighted by Crippen LogP contribution is -2.11. The summed E-state index contributed by atoms with van der Waals surface area (Å²) in [4.78, 5) is 3.47. The highest BCUT2D eigenvalue weighted by Crippen LogP contribution is 2.25. The molecular weight excluding hydrogens is 182 g/mol. The molecule has 0 saturated carbocycles. The van der Waals surface area contributed by atoms with Gasteiger partial charge in [0.2, 0.25) is 0 Å². The molecule has 0 spiro atoms. The van der Waals surface area contributed by atoms with Gasteiger partial charge in [0.25, 0.3) is 0 Å². The average molecular weight is 199 g/mol. The second kappa shape index (κ2) is 3.58. The van der Waals surface area contributed by atoms with E-state index in [-0.39, 0.29) is 5.41 Å². The highest BCUT2D eigenvalue weighted by atomic mass is 14.7. The Balaban J connectivity index is 2.37. The number of rotatable bonds is 1. The van der Waals surface area contributed by atoms with Crippen molar-refractivity contribution in [3.63, 3.8) is 0 Å². The molecule has 2 rings (SSSR count). The van der Waals surface area contributed by atoms with E-state index >= 15 is 0 Å². The fourth-order valence-electron chi connectivity index (χ4n) is 1.62. The first kappa shape index (κ1) is 10.0. The summed E-state index contributed by atoms with van der Waals surface area (Å²) in [5.74, 6) is 0. The number of hydrogen-bond donors (Lipinski definition) is 1. The molecule has 1 heteroatoms. The molecule has 1 aromatic heterocycles. The molecule has 0 radical (unpaired) electrons. The van der Waals surface area contributed by atoms with Gasteiger partial charge in [-0.3, -0.25) is 0 Å². The molecule has 0 bridgehead atoms. The lowest BCUT2D eigenvalue weighted by molar-refractivity contribution is 0.573. The first-order valence-electron chi connectivity index (χ1n) is 5.32. The Morgan fingerprint density at radius 3 is 2.07 bits per heavy atom. The van der Waals surface area contributed by atoms with Crippen molar-refractivity contribution in [2.75, 3.05) is 0 Å². The predicted molar refractivity (Wildman–Crippen MR) is 64.9 cm³/mol. The molecule has 0 amide bonds. The Morgan fingerprint density at radius 1 is 0.867 bits per heavy atom. The van der Waals surface area contributed by atoms with Crippen LogP contribution in [-0.4, -0.2) is 4.98 Å². The van der Waals surface area contributed by atoms with Crippen LogP contribution in [0.1, 0.15) is 26.5 Å². The average Bonchev–Trinajstić information content (AvgIpc) is 2.67. The molecular formula is C14H17N. The summed E-state index contributed by atoms with van der Waals surface area (Å²) in [6.45, 7) is 6.65. The highest BCUT2D eigenvalue weighted by Gasteiger charge is 2.15. The molecule has 0 aliphatic heterocycles. The maximum atomic E-state index is 3.47. The number of H-pyrrole nitrogens is 1. The molecule has 15 heavy (non-hydrogen) atoms. The van der Waals surface area contributed by atoms with Gasteiger partial charge in [-0.25, -0.2) is 0 Å². The molecule has 0 aliphatic carbocycles. The number of aromatic amines is 1. The summed E-state index contributed by atoms with van der Waals surface area (Å²) >= 11 is 0. The van der Waals surface area contributed by atoms with Crippen LogP contribution in [0.15, 0.2) is 42.5 Å². The van der Waals surface area contributed by atoms with Crippen LogP contribution in [0.2, 0.25) is 0 Å². The van der Waals surface area contributed by atoms with Crippen molar-refractivity contribution in [1.29, 1.82) is 0 Å². The number of nitrogens with one attached hydrogen (secondary N) is 1. The van der Waals surface area contributed by atoms with Crippen molar-refractivity contribution >= 4 is 0 Å². The Bertz CT molecular complexity index is 432. The van der Waals surface area contributed by atoms with Gasteiger partial charge in [-0.15, -0.1) is 0 Å². The number of benzene rings is 1. The summed E-state index contributed by atoms with van der Waals surface area (Å²) in [6.07, 6.45) is 0. The molecule has 0 unspecified atom stereocenters. The minimum Gasteiger partial charge on any atom is -0.358 e. The van der Waals surface area contributed by atoms with Crippen molar-refractivity contribution in [1.82, 2.24) is 4.98 Å². The SMILES string of the molecule is CC(C)(C)c1ccc(-c2ccccc2)[nH]1. The van der Waals surface area contributed by atoms with E-state index in [9.17, 15) is 0 Å². The Kier molecular flexibility index (Phi) is 2.39. The van der Waals surface area contributed by atoms with Crippen molar-refractivity contribution in [2.24, 2.45) is 0 Å². The lowest BCUT2D eigenvalue weighted by atomic mass is 9.93. The van der Waals surface area contributed by atoms with Gasteiger partial charge in [0.15, 0.2) is 0 Å². The highest BCUT2D eigenvalue weighted by molar-refractivity contribution is 5.59. The van der Waals surface area contributed by atoms with E-state index in [1.807, 2.05) is 6.07 Å². The Hall–Kier alpha value is -1.50. The van der Waals surface area contributed by atoms with Crippen LogP contribution in [0.5, 0.6) is 0 Å². The minimum atomic E-state index is 0.188. The van der Waals surface area contributed by atoms with Gasteiger partial charge in [0, 0.05) is 16.8 Å². The molecule has 0 saturated heterocycles. The Labute approximate surface area is 91.2 Å². The van der Waals surface area contributed by atoms with Crippen molar-refractivity contribution in [2.45, 2.75) is 26.2 Å².